The smallest absolute Gasteiger partial charge is 0.0923 e. The first-order valence-corrected chi connectivity index (χ1v) is 5.11. The summed E-state index contributed by atoms with van der Waals surface area (Å²) in [7, 11) is 0. The number of aliphatic hydroxyl groups excluding tert-OH is 1. The van der Waals surface area contributed by atoms with Gasteiger partial charge in [0.05, 0.1) is 12.1 Å². The molecular formula is C12H16N2O. The molecule has 0 bridgehead atoms. The zero-order chi connectivity index (χ0) is 11.1. The molecule has 0 amide bonds. The van der Waals surface area contributed by atoms with E-state index in [1.165, 1.54) is 0 Å². The van der Waals surface area contributed by atoms with Crippen molar-refractivity contribution in [1.29, 1.82) is 0 Å². The van der Waals surface area contributed by atoms with Crippen molar-refractivity contribution in [3.63, 3.8) is 0 Å². The molecule has 2 N–H and O–H groups in total. The van der Waals surface area contributed by atoms with Crippen molar-refractivity contribution in [3.8, 4) is 0 Å². The average Bonchev–Trinajstić information content (AvgIpc) is 2.60. The van der Waals surface area contributed by atoms with Gasteiger partial charge in [-0.2, -0.15) is 5.10 Å². The minimum Gasteiger partial charge on any atom is -0.395 e. The third-order valence-electron chi connectivity index (χ3n) is 2.92. The Hall–Kier alpha value is -1.35. The van der Waals surface area contributed by atoms with E-state index in [0.717, 1.165) is 22.2 Å². The molecule has 1 aromatic heterocycles. The molecule has 0 spiro atoms. The number of aliphatic hydroxyl groups is 1. The van der Waals surface area contributed by atoms with Crippen molar-refractivity contribution in [2.75, 3.05) is 6.61 Å². The molecule has 0 radical (unpaired) electrons. The highest BCUT2D eigenvalue weighted by molar-refractivity contribution is 5.82. The molecule has 0 atom stereocenters. The van der Waals surface area contributed by atoms with E-state index in [2.05, 4.69) is 16.3 Å². The van der Waals surface area contributed by atoms with Gasteiger partial charge in [-0.3, -0.25) is 5.10 Å². The van der Waals surface area contributed by atoms with Crippen LogP contribution < -0.4 is 0 Å². The molecule has 0 unspecified atom stereocenters. The summed E-state index contributed by atoms with van der Waals surface area (Å²) >= 11 is 0. The lowest BCUT2D eigenvalue weighted by molar-refractivity contribution is 0.218. The van der Waals surface area contributed by atoms with Gasteiger partial charge in [0.1, 0.15) is 0 Å². The summed E-state index contributed by atoms with van der Waals surface area (Å²) in [4.78, 5) is 0. The first-order chi connectivity index (χ1) is 7.04. The summed E-state index contributed by atoms with van der Waals surface area (Å²) in [5.41, 5.74) is 2.99. The van der Waals surface area contributed by atoms with Crippen molar-refractivity contribution in [3.05, 3.63) is 29.5 Å². The maximum atomic E-state index is 9.32. The Balaban J connectivity index is 2.59. The molecule has 80 valence electrons. The standard InChI is InChI=1S/C12H16N2O/c1-8-10-6-9(12(2,3)7-15)4-5-11(10)14-13-8/h4-6,15H,7H2,1-3H3,(H,13,14). The highest BCUT2D eigenvalue weighted by Crippen LogP contribution is 2.26. The van der Waals surface area contributed by atoms with Gasteiger partial charge < -0.3 is 5.11 Å². The third kappa shape index (κ3) is 1.63. The highest BCUT2D eigenvalue weighted by atomic mass is 16.3. The van der Waals surface area contributed by atoms with Gasteiger partial charge in [0.25, 0.3) is 0 Å². The van der Waals surface area contributed by atoms with Gasteiger partial charge in [-0.05, 0) is 24.6 Å². The van der Waals surface area contributed by atoms with Crippen molar-refractivity contribution < 1.29 is 5.11 Å². The molecule has 1 aromatic carbocycles. The summed E-state index contributed by atoms with van der Waals surface area (Å²) < 4.78 is 0. The van der Waals surface area contributed by atoms with Crippen LogP contribution in [-0.4, -0.2) is 21.9 Å². The maximum absolute atomic E-state index is 9.32. The Morgan fingerprint density at radius 2 is 2.13 bits per heavy atom. The molecule has 0 saturated heterocycles. The Kier molecular flexibility index (Phi) is 2.27. The summed E-state index contributed by atoms with van der Waals surface area (Å²) in [5.74, 6) is 0. The highest BCUT2D eigenvalue weighted by Gasteiger charge is 2.19. The molecule has 0 aliphatic carbocycles. The number of aryl methyl sites for hydroxylation is 1. The van der Waals surface area contributed by atoms with Gasteiger partial charge in [-0.1, -0.05) is 19.9 Å². The summed E-state index contributed by atoms with van der Waals surface area (Å²) in [6.07, 6.45) is 0. The molecule has 0 aliphatic rings. The predicted molar refractivity (Wildman–Crippen MR) is 60.9 cm³/mol. The number of H-pyrrole nitrogens is 1. The number of hydrogen-bond acceptors (Lipinski definition) is 2. The molecule has 0 saturated carbocycles. The van der Waals surface area contributed by atoms with Crippen LogP contribution in [0.4, 0.5) is 0 Å². The van der Waals surface area contributed by atoms with Crippen molar-refractivity contribution in [2.45, 2.75) is 26.2 Å². The summed E-state index contributed by atoms with van der Waals surface area (Å²) in [6.45, 7) is 6.22. The lowest BCUT2D eigenvalue weighted by Gasteiger charge is -2.22. The van der Waals surface area contributed by atoms with Crippen LogP contribution in [0.3, 0.4) is 0 Å². The third-order valence-corrected chi connectivity index (χ3v) is 2.92. The van der Waals surface area contributed by atoms with Gasteiger partial charge in [-0.25, -0.2) is 0 Å². The molecule has 2 rings (SSSR count). The van der Waals surface area contributed by atoms with E-state index in [0.29, 0.717) is 0 Å². The Morgan fingerprint density at radius 1 is 1.40 bits per heavy atom. The second kappa shape index (κ2) is 3.35. The molecule has 3 heteroatoms. The molecule has 1 heterocycles. The van der Waals surface area contributed by atoms with Gasteiger partial charge in [-0.15, -0.1) is 0 Å². The van der Waals surface area contributed by atoms with E-state index in [4.69, 9.17) is 0 Å². The fourth-order valence-corrected chi connectivity index (χ4v) is 1.65. The van der Waals surface area contributed by atoms with Crippen LogP contribution >= 0.6 is 0 Å². The van der Waals surface area contributed by atoms with Crippen molar-refractivity contribution >= 4 is 10.9 Å². The van der Waals surface area contributed by atoms with E-state index in [9.17, 15) is 5.11 Å². The van der Waals surface area contributed by atoms with Crippen LogP contribution in [0.1, 0.15) is 25.1 Å². The second-order valence-electron chi connectivity index (χ2n) is 4.62. The predicted octanol–water partition coefficient (Wildman–Crippen LogP) is 2.14. The normalized spacial score (nSPS) is 12.3. The van der Waals surface area contributed by atoms with E-state index >= 15 is 0 Å². The van der Waals surface area contributed by atoms with Crippen LogP contribution in [0.5, 0.6) is 0 Å². The molecule has 15 heavy (non-hydrogen) atoms. The van der Waals surface area contributed by atoms with Crippen LogP contribution in [0.15, 0.2) is 18.2 Å². The zero-order valence-corrected chi connectivity index (χ0v) is 9.33. The Labute approximate surface area is 89.1 Å². The van der Waals surface area contributed by atoms with Gasteiger partial charge in [0.2, 0.25) is 0 Å². The fraction of sp³-hybridized carbons (Fsp3) is 0.417. The Bertz CT molecular complexity index is 485. The molecule has 0 fully saturated rings. The first-order valence-electron chi connectivity index (χ1n) is 5.11. The van der Waals surface area contributed by atoms with E-state index in [1.807, 2.05) is 32.9 Å². The van der Waals surface area contributed by atoms with Crippen LogP contribution in [0.2, 0.25) is 0 Å². The largest absolute Gasteiger partial charge is 0.395 e. The number of benzene rings is 1. The number of nitrogens with zero attached hydrogens (tertiary/aromatic N) is 1. The number of nitrogens with one attached hydrogen (secondary N) is 1. The molecule has 2 aromatic rings. The van der Waals surface area contributed by atoms with Gasteiger partial charge in [0.15, 0.2) is 0 Å². The van der Waals surface area contributed by atoms with Crippen LogP contribution in [0.25, 0.3) is 10.9 Å². The van der Waals surface area contributed by atoms with Crippen LogP contribution in [-0.2, 0) is 5.41 Å². The molecule has 0 aliphatic heterocycles. The lowest BCUT2D eigenvalue weighted by Crippen LogP contribution is -2.21. The van der Waals surface area contributed by atoms with Crippen molar-refractivity contribution in [1.82, 2.24) is 10.2 Å². The van der Waals surface area contributed by atoms with E-state index in [1.54, 1.807) is 0 Å². The van der Waals surface area contributed by atoms with Crippen LogP contribution in [0, 0.1) is 6.92 Å². The quantitative estimate of drug-likeness (QED) is 0.787. The number of aromatic amines is 1. The fourth-order valence-electron chi connectivity index (χ4n) is 1.65. The monoisotopic (exact) mass is 204 g/mol. The topological polar surface area (TPSA) is 48.9 Å². The molecular weight excluding hydrogens is 188 g/mol. The lowest BCUT2D eigenvalue weighted by atomic mass is 9.85. The number of hydrogen-bond donors (Lipinski definition) is 2. The average molecular weight is 204 g/mol. The second-order valence-corrected chi connectivity index (χ2v) is 4.62. The minimum atomic E-state index is -0.197. The number of fused-ring (bicyclic) bond motifs is 1. The van der Waals surface area contributed by atoms with Gasteiger partial charge in [0, 0.05) is 16.5 Å². The maximum Gasteiger partial charge on any atom is 0.0923 e. The van der Waals surface area contributed by atoms with E-state index in [-0.39, 0.29) is 12.0 Å². The number of aromatic nitrogens is 2. The molecule has 3 nitrogen and oxygen atoms in total. The first kappa shape index (κ1) is 10.2. The minimum absolute atomic E-state index is 0.148. The Morgan fingerprint density at radius 3 is 2.80 bits per heavy atom. The summed E-state index contributed by atoms with van der Waals surface area (Å²) in [5, 5.41) is 17.6. The summed E-state index contributed by atoms with van der Waals surface area (Å²) in [6, 6.07) is 6.12. The SMILES string of the molecule is Cc1[nH]nc2ccc(C(C)(C)CO)cc12. The van der Waals surface area contributed by atoms with Gasteiger partial charge >= 0.3 is 0 Å². The zero-order valence-electron chi connectivity index (χ0n) is 9.33. The number of rotatable bonds is 2. The van der Waals surface area contributed by atoms with E-state index < -0.39 is 0 Å². The van der Waals surface area contributed by atoms with Crippen molar-refractivity contribution in [2.24, 2.45) is 0 Å².